The van der Waals surface area contributed by atoms with E-state index in [4.69, 9.17) is 9.47 Å². The van der Waals surface area contributed by atoms with Gasteiger partial charge in [-0.15, -0.1) is 0 Å². The molecule has 1 aromatic heterocycles. The lowest BCUT2D eigenvalue weighted by atomic mass is 9.77. The van der Waals surface area contributed by atoms with E-state index < -0.39 is 0 Å². The Balaban J connectivity index is 1.35. The van der Waals surface area contributed by atoms with Crippen LogP contribution in [-0.4, -0.2) is 23.2 Å². The van der Waals surface area contributed by atoms with Gasteiger partial charge in [0, 0.05) is 5.56 Å². The van der Waals surface area contributed by atoms with Crippen molar-refractivity contribution in [2.75, 3.05) is 13.2 Å². The zero-order chi connectivity index (χ0) is 23.8. The molecule has 4 heteroatoms. The van der Waals surface area contributed by atoms with E-state index in [2.05, 4.69) is 23.8 Å². The molecule has 34 heavy (non-hydrogen) atoms. The Morgan fingerprint density at radius 3 is 2.12 bits per heavy atom. The molecule has 1 aliphatic carbocycles. The minimum Gasteiger partial charge on any atom is -0.494 e. The first-order valence-corrected chi connectivity index (χ1v) is 14.0. The van der Waals surface area contributed by atoms with E-state index in [9.17, 15) is 0 Å². The van der Waals surface area contributed by atoms with Gasteiger partial charge in [0.2, 0.25) is 0 Å². The second kappa shape index (κ2) is 15.7. The Morgan fingerprint density at radius 2 is 1.41 bits per heavy atom. The van der Waals surface area contributed by atoms with Crippen LogP contribution in [0.3, 0.4) is 0 Å². The molecule has 0 saturated heterocycles. The summed E-state index contributed by atoms with van der Waals surface area (Å²) in [6, 6.07) is 8.14. The summed E-state index contributed by atoms with van der Waals surface area (Å²) in [6.45, 7) is 6.13. The zero-order valence-corrected chi connectivity index (χ0v) is 21.6. The lowest BCUT2D eigenvalue weighted by Crippen LogP contribution is -2.18. The molecular weight excluding hydrogens is 420 g/mol. The molecule has 1 aliphatic rings. The fourth-order valence-corrected chi connectivity index (χ4v) is 5.23. The fraction of sp³-hybridized carbons (Fsp3) is 0.667. The molecule has 0 radical (unpaired) electrons. The second-order valence-electron chi connectivity index (χ2n) is 9.94. The van der Waals surface area contributed by atoms with Gasteiger partial charge in [-0.05, 0) is 55.4 Å². The van der Waals surface area contributed by atoms with Gasteiger partial charge < -0.3 is 9.47 Å². The van der Waals surface area contributed by atoms with Gasteiger partial charge in [-0.2, -0.15) is 0 Å². The van der Waals surface area contributed by atoms with Crippen molar-refractivity contribution < 1.29 is 9.47 Å². The number of unbranched alkanes of at least 4 members (excludes halogenated alkanes) is 5. The van der Waals surface area contributed by atoms with E-state index in [0.717, 1.165) is 60.8 Å². The number of ether oxygens (including phenoxy) is 2. The van der Waals surface area contributed by atoms with Crippen LogP contribution in [0.25, 0.3) is 11.4 Å². The predicted molar refractivity (Wildman–Crippen MR) is 141 cm³/mol. The van der Waals surface area contributed by atoms with Gasteiger partial charge in [0.1, 0.15) is 5.75 Å². The topological polar surface area (TPSA) is 44.2 Å². The van der Waals surface area contributed by atoms with E-state index in [1.54, 1.807) is 12.4 Å². The molecule has 0 amide bonds. The van der Waals surface area contributed by atoms with Crippen molar-refractivity contribution in [1.82, 2.24) is 9.97 Å². The minimum absolute atomic E-state index is 0.719. The summed E-state index contributed by atoms with van der Waals surface area (Å²) in [7, 11) is 0. The standard InChI is InChI=1S/C30H46N2O2/c1-3-5-6-7-8-12-21-34-29-23-31-30(32-24-29)27-17-19-28(20-18-27)33-22-13-16-25(4-2)26-14-10-9-11-15-26/h17-20,23-26H,3-16,21-22H2,1-2H3. The molecule has 0 spiro atoms. The van der Waals surface area contributed by atoms with Gasteiger partial charge in [-0.25, -0.2) is 9.97 Å². The van der Waals surface area contributed by atoms with E-state index in [0.29, 0.717) is 0 Å². The van der Waals surface area contributed by atoms with Crippen LogP contribution in [0.4, 0.5) is 0 Å². The average molecular weight is 467 g/mol. The number of nitrogens with zero attached hydrogens (tertiary/aromatic N) is 2. The summed E-state index contributed by atoms with van der Waals surface area (Å²) >= 11 is 0. The van der Waals surface area contributed by atoms with E-state index >= 15 is 0 Å². The smallest absolute Gasteiger partial charge is 0.159 e. The molecule has 1 unspecified atom stereocenters. The summed E-state index contributed by atoms with van der Waals surface area (Å²) in [4.78, 5) is 8.98. The highest BCUT2D eigenvalue weighted by molar-refractivity contribution is 5.56. The normalized spacial score (nSPS) is 15.2. The molecule has 3 rings (SSSR count). The average Bonchev–Trinajstić information content (AvgIpc) is 2.89. The van der Waals surface area contributed by atoms with Crippen LogP contribution >= 0.6 is 0 Å². The molecule has 0 bridgehead atoms. The van der Waals surface area contributed by atoms with Crippen LogP contribution in [0, 0.1) is 11.8 Å². The van der Waals surface area contributed by atoms with Crippen LogP contribution in [0.15, 0.2) is 36.7 Å². The number of aromatic nitrogens is 2. The van der Waals surface area contributed by atoms with Crippen LogP contribution in [-0.2, 0) is 0 Å². The van der Waals surface area contributed by atoms with Gasteiger partial charge in [0.05, 0.1) is 25.6 Å². The number of benzene rings is 1. The van der Waals surface area contributed by atoms with E-state index in [1.165, 1.54) is 77.0 Å². The van der Waals surface area contributed by atoms with Gasteiger partial charge in [-0.3, -0.25) is 0 Å². The molecule has 1 heterocycles. The highest BCUT2D eigenvalue weighted by Crippen LogP contribution is 2.34. The summed E-state index contributed by atoms with van der Waals surface area (Å²) < 4.78 is 11.8. The van der Waals surface area contributed by atoms with Gasteiger partial charge in [0.25, 0.3) is 0 Å². The van der Waals surface area contributed by atoms with Gasteiger partial charge >= 0.3 is 0 Å². The Bertz CT molecular complexity index is 769. The highest BCUT2D eigenvalue weighted by Gasteiger charge is 2.21. The van der Waals surface area contributed by atoms with Crippen LogP contribution in [0.2, 0.25) is 0 Å². The fourth-order valence-electron chi connectivity index (χ4n) is 5.23. The molecule has 1 saturated carbocycles. The van der Waals surface area contributed by atoms with E-state index in [1.807, 2.05) is 24.3 Å². The van der Waals surface area contributed by atoms with Crippen LogP contribution < -0.4 is 9.47 Å². The van der Waals surface area contributed by atoms with Crippen molar-refractivity contribution in [2.45, 2.75) is 104 Å². The van der Waals surface area contributed by atoms with Crippen molar-refractivity contribution in [2.24, 2.45) is 11.8 Å². The molecule has 0 aliphatic heterocycles. The van der Waals surface area contributed by atoms with E-state index in [-0.39, 0.29) is 0 Å². The number of hydrogen-bond acceptors (Lipinski definition) is 4. The second-order valence-corrected chi connectivity index (χ2v) is 9.94. The lowest BCUT2D eigenvalue weighted by Gasteiger charge is -2.29. The maximum Gasteiger partial charge on any atom is 0.159 e. The first-order chi connectivity index (χ1) is 16.8. The van der Waals surface area contributed by atoms with Gasteiger partial charge in [0.15, 0.2) is 11.6 Å². The molecule has 4 nitrogen and oxygen atoms in total. The summed E-state index contributed by atoms with van der Waals surface area (Å²) in [5, 5.41) is 0. The Morgan fingerprint density at radius 1 is 0.765 bits per heavy atom. The lowest BCUT2D eigenvalue weighted by molar-refractivity contribution is 0.210. The highest BCUT2D eigenvalue weighted by atomic mass is 16.5. The zero-order valence-electron chi connectivity index (χ0n) is 21.6. The molecule has 0 N–H and O–H groups in total. The maximum atomic E-state index is 6.02. The number of hydrogen-bond donors (Lipinski definition) is 0. The quantitative estimate of drug-likeness (QED) is 0.232. The third-order valence-electron chi connectivity index (χ3n) is 7.34. The summed E-state index contributed by atoms with van der Waals surface area (Å²) in [6.07, 6.45) is 22.1. The molecule has 188 valence electrons. The molecule has 1 atom stereocenters. The molecule has 1 fully saturated rings. The largest absolute Gasteiger partial charge is 0.494 e. The van der Waals surface area contributed by atoms with Crippen LogP contribution in [0.1, 0.15) is 104 Å². The van der Waals surface area contributed by atoms with Crippen molar-refractivity contribution in [1.29, 1.82) is 0 Å². The molecule has 1 aromatic carbocycles. The van der Waals surface area contributed by atoms with Crippen molar-refractivity contribution in [3.63, 3.8) is 0 Å². The van der Waals surface area contributed by atoms with Crippen molar-refractivity contribution >= 4 is 0 Å². The minimum atomic E-state index is 0.719. The third-order valence-corrected chi connectivity index (χ3v) is 7.34. The van der Waals surface area contributed by atoms with Crippen molar-refractivity contribution in [3.8, 4) is 22.9 Å². The molecular formula is C30H46N2O2. The third kappa shape index (κ3) is 9.27. The maximum absolute atomic E-state index is 6.02. The first-order valence-electron chi connectivity index (χ1n) is 14.0. The number of rotatable bonds is 16. The van der Waals surface area contributed by atoms with Crippen molar-refractivity contribution in [3.05, 3.63) is 36.7 Å². The summed E-state index contributed by atoms with van der Waals surface area (Å²) in [5.41, 5.74) is 0.998. The first kappa shape index (κ1) is 26.5. The van der Waals surface area contributed by atoms with Crippen LogP contribution in [0.5, 0.6) is 11.5 Å². The monoisotopic (exact) mass is 466 g/mol. The molecule has 2 aromatic rings. The Hall–Kier alpha value is -2.10. The summed E-state index contributed by atoms with van der Waals surface area (Å²) in [5.74, 6) is 4.22. The Kier molecular flexibility index (Phi) is 12.3. The predicted octanol–water partition coefficient (Wildman–Crippen LogP) is 8.65. The van der Waals surface area contributed by atoms with Gasteiger partial charge in [-0.1, -0.05) is 84.5 Å². The SMILES string of the molecule is CCCCCCCCOc1cnc(-c2ccc(OCCCC(CC)C3CCCCC3)cc2)nc1. The Labute approximate surface area is 207 Å².